The summed E-state index contributed by atoms with van der Waals surface area (Å²) >= 11 is 0. The van der Waals surface area contributed by atoms with Gasteiger partial charge in [0.05, 0.1) is 11.0 Å². The molecule has 0 saturated carbocycles. The summed E-state index contributed by atoms with van der Waals surface area (Å²) in [7, 11) is 0. The zero-order chi connectivity index (χ0) is 29.6. The number of carbonyl (C=O) groups excluding carboxylic acids is 2. The second-order valence-electron chi connectivity index (χ2n) is 12.9. The van der Waals surface area contributed by atoms with Crippen LogP contribution < -0.4 is 5.73 Å². The lowest BCUT2D eigenvalue weighted by atomic mass is 9.70. The van der Waals surface area contributed by atoms with Gasteiger partial charge in [-0.15, -0.1) is 0 Å². The number of amides is 2. The monoisotopic (exact) mass is 575 g/mol. The summed E-state index contributed by atoms with van der Waals surface area (Å²) in [4.78, 5) is 34.7. The molecule has 1 unspecified atom stereocenters. The highest BCUT2D eigenvalue weighted by molar-refractivity contribution is 5.99. The van der Waals surface area contributed by atoms with E-state index >= 15 is 0 Å². The van der Waals surface area contributed by atoms with Crippen LogP contribution in [0.1, 0.15) is 83.1 Å². The van der Waals surface area contributed by atoms with E-state index in [2.05, 4.69) is 71.0 Å². The maximum Gasteiger partial charge on any atom is 0.253 e. The number of imidazole rings is 1. The second kappa shape index (κ2) is 11.3. The maximum absolute atomic E-state index is 13.4. The lowest BCUT2D eigenvalue weighted by molar-refractivity contribution is 0.0607. The van der Waals surface area contributed by atoms with Crippen molar-refractivity contribution in [3.8, 4) is 0 Å². The lowest BCUT2D eigenvalue weighted by Crippen LogP contribution is -2.49. The van der Waals surface area contributed by atoms with E-state index in [4.69, 9.17) is 10.7 Å². The largest absolute Gasteiger partial charge is 0.366 e. The summed E-state index contributed by atoms with van der Waals surface area (Å²) in [6.07, 6.45) is 7.89. The molecule has 4 heterocycles. The summed E-state index contributed by atoms with van der Waals surface area (Å²) in [5, 5.41) is 0. The van der Waals surface area contributed by atoms with Gasteiger partial charge in [0.25, 0.3) is 5.91 Å². The van der Waals surface area contributed by atoms with Crippen LogP contribution in [0.3, 0.4) is 0 Å². The third-order valence-corrected chi connectivity index (χ3v) is 10.6. The van der Waals surface area contributed by atoms with E-state index in [1.165, 1.54) is 36.8 Å². The molecular weight excluding hydrogens is 534 g/mol. The van der Waals surface area contributed by atoms with Gasteiger partial charge in [-0.1, -0.05) is 48.5 Å². The van der Waals surface area contributed by atoms with Crippen molar-refractivity contribution in [2.45, 2.75) is 75.4 Å². The van der Waals surface area contributed by atoms with Gasteiger partial charge in [-0.25, -0.2) is 4.98 Å². The molecule has 7 rings (SSSR count). The average molecular weight is 576 g/mol. The number of nitrogens with zero attached hydrogens (tertiary/aromatic N) is 4. The number of primary amides is 1. The van der Waals surface area contributed by atoms with Crippen LogP contribution in [0.2, 0.25) is 0 Å². The van der Waals surface area contributed by atoms with Gasteiger partial charge in [0, 0.05) is 42.3 Å². The number of rotatable bonds is 7. The number of likely N-dealkylation sites (tertiary alicyclic amines) is 1. The van der Waals surface area contributed by atoms with Crippen LogP contribution in [-0.2, 0) is 5.41 Å². The number of fused-ring (bicyclic) bond motifs is 3. The SMILES string of the molecule is Cc1nc2ccccc2n1C1C[C@H]2CC[C@@H](C1)N2CCC1(c2ccccc2)CCN(C(=O)c2cccc(C(N)=O)c2)CC1. The molecule has 0 aliphatic carbocycles. The zero-order valence-electron chi connectivity index (χ0n) is 25.0. The molecule has 7 heteroatoms. The van der Waals surface area contributed by atoms with Crippen molar-refractivity contribution >= 4 is 22.8 Å². The van der Waals surface area contributed by atoms with E-state index in [0.29, 0.717) is 42.3 Å². The quantitative estimate of drug-likeness (QED) is 0.299. The summed E-state index contributed by atoms with van der Waals surface area (Å²) in [6.45, 7) is 4.66. The first kappa shape index (κ1) is 27.8. The number of hydrogen-bond donors (Lipinski definition) is 1. The Morgan fingerprint density at radius 2 is 1.53 bits per heavy atom. The highest BCUT2D eigenvalue weighted by Gasteiger charge is 2.44. The molecule has 4 aromatic rings. The van der Waals surface area contributed by atoms with Gasteiger partial charge in [0.15, 0.2) is 0 Å². The van der Waals surface area contributed by atoms with Crippen molar-refractivity contribution in [2.24, 2.45) is 5.73 Å². The molecule has 3 aliphatic heterocycles. The predicted octanol–water partition coefficient (Wildman–Crippen LogP) is 5.88. The number of benzene rings is 3. The molecule has 3 aromatic carbocycles. The number of hydrogen-bond acceptors (Lipinski definition) is 4. The molecule has 222 valence electrons. The zero-order valence-corrected chi connectivity index (χ0v) is 25.0. The van der Waals surface area contributed by atoms with Crippen molar-refractivity contribution in [3.05, 3.63) is 101 Å². The first-order valence-electron chi connectivity index (χ1n) is 15.9. The molecule has 2 bridgehead atoms. The van der Waals surface area contributed by atoms with Gasteiger partial charge in [0.1, 0.15) is 5.82 Å². The summed E-state index contributed by atoms with van der Waals surface area (Å²) in [5.74, 6) is 0.597. The van der Waals surface area contributed by atoms with Crippen LogP contribution in [0, 0.1) is 6.92 Å². The smallest absolute Gasteiger partial charge is 0.253 e. The number of carbonyl (C=O) groups is 2. The molecule has 2 amide bonds. The minimum atomic E-state index is -0.511. The van der Waals surface area contributed by atoms with Crippen LogP contribution in [0.4, 0.5) is 0 Å². The summed E-state index contributed by atoms with van der Waals surface area (Å²) in [5.41, 5.74) is 10.2. The first-order chi connectivity index (χ1) is 20.9. The van der Waals surface area contributed by atoms with Crippen molar-refractivity contribution < 1.29 is 9.59 Å². The van der Waals surface area contributed by atoms with Crippen LogP contribution in [0.5, 0.6) is 0 Å². The van der Waals surface area contributed by atoms with Crippen molar-refractivity contribution in [2.75, 3.05) is 19.6 Å². The Labute approximate surface area is 253 Å². The number of aromatic nitrogens is 2. The molecule has 3 saturated heterocycles. The number of para-hydroxylation sites is 2. The molecule has 3 aliphatic rings. The summed E-state index contributed by atoms with van der Waals surface area (Å²) in [6, 6.07) is 28.0. The van der Waals surface area contributed by atoms with Gasteiger partial charge >= 0.3 is 0 Å². The fourth-order valence-electron chi connectivity index (χ4n) is 8.39. The minimum absolute atomic E-state index is 0.0211. The predicted molar refractivity (Wildman–Crippen MR) is 169 cm³/mol. The molecule has 2 N–H and O–H groups in total. The van der Waals surface area contributed by atoms with Crippen LogP contribution in [-0.4, -0.2) is 62.9 Å². The Morgan fingerprint density at radius 3 is 2.26 bits per heavy atom. The molecule has 3 fully saturated rings. The Kier molecular flexibility index (Phi) is 7.29. The van der Waals surface area contributed by atoms with Crippen molar-refractivity contribution in [3.63, 3.8) is 0 Å². The van der Waals surface area contributed by atoms with Gasteiger partial charge in [0.2, 0.25) is 5.91 Å². The first-order valence-corrected chi connectivity index (χ1v) is 15.9. The average Bonchev–Trinajstić information content (AvgIpc) is 3.50. The van der Waals surface area contributed by atoms with E-state index in [1.807, 2.05) is 4.90 Å². The molecule has 43 heavy (non-hydrogen) atoms. The molecule has 3 atom stereocenters. The fourth-order valence-corrected chi connectivity index (χ4v) is 8.39. The highest BCUT2D eigenvalue weighted by atomic mass is 16.2. The number of aryl methyl sites for hydroxylation is 1. The highest BCUT2D eigenvalue weighted by Crippen LogP contribution is 2.45. The van der Waals surface area contributed by atoms with E-state index in [9.17, 15) is 9.59 Å². The third-order valence-electron chi connectivity index (χ3n) is 10.6. The van der Waals surface area contributed by atoms with E-state index < -0.39 is 5.91 Å². The lowest BCUT2D eigenvalue weighted by Gasteiger charge is -2.45. The van der Waals surface area contributed by atoms with Crippen LogP contribution >= 0.6 is 0 Å². The molecule has 0 spiro atoms. The number of nitrogens with two attached hydrogens (primary N) is 1. The van der Waals surface area contributed by atoms with E-state index in [0.717, 1.165) is 37.1 Å². The molecule has 0 radical (unpaired) electrons. The minimum Gasteiger partial charge on any atom is -0.366 e. The Hall–Kier alpha value is -3.97. The Morgan fingerprint density at radius 1 is 0.860 bits per heavy atom. The molecule has 7 nitrogen and oxygen atoms in total. The molecular formula is C36H41N5O2. The Bertz CT molecular complexity index is 1620. The maximum atomic E-state index is 13.4. The standard InChI is InChI=1S/C36H41N5O2/c1-25-38-32-12-5-6-13-33(32)41(25)31-23-29-14-15-30(24-31)40(29)21-18-36(28-10-3-2-4-11-28)16-19-39(20-17-36)35(43)27-9-7-8-26(22-27)34(37)42/h2-13,22,29-31H,14-21,23-24H2,1H3,(H2,37,42)/t29-,30+,31?. The fraction of sp³-hybridized carbons (Fsp3) is 0.417. The van der Waals surface area contributed by atoms with Crippen molar-refractivity contribution in [1.29, 1.82) is 0 Å². The van der Waals surface area contributed by atoms with Gasteiger partial charge in [-0.05, 0) is 99.7 Å². The van der Waals surface area contributed by atoms with Crippen molar-refractivity contribution in [1.82, 2.24) is 19.4 Å². The second-order valence-corrected chi connectivity index (χ2v) is 12.9. The third kappa shape index (κ3) is 5.14. The topological polar surface area (TPSA) is 84.5 Å². The number of piperidine rings is 2. The van der Waals surface area contributed by atoms with Crippen LogP contribution in [0.25, 0.3) is 11.0 Å². The van der Waals surface area contributed by atoms with Crippen LogP contribution in [0.15, 0.2) is 78.9 Å². The van der Waals surface area contributed by atoms with Gasteiger partial charge in [-0.2, -0.15) is 0 Å². The summed E-state index contributed by atoms with van der Waals surface area (Å²) < 4.78 is 2.51. The van der Waals surface area contributed by atoms with E-state index in [1.54, 1.807) is 24.3 Å². The van der Waals surface area contributed by atoms with E-state index in [-0.39, 0.29) is 11.3 Å². The Balaban J connectivity index is 1.06. The van der Waals surface area contributed by atoms with Gasteiger partial charge < -0.3 is 15.2 Å². The van der Waals surface area contributed by atoms with Gasteiger partial charge in [-0.3, -0.25) is 14.5 Å². The normalized spacial score (nSPS) is 23.5. The molecule has 1 aromatic heterocycles.